The second-order valence-electron chi connectivity index (χ2n) is 5.30. The highest BCUT2D eigenvalue weighted by Crippen LogP contribution is 2.37. The van der Waals surface area contributed by atoms with Crippen LogP contribution in [-0.4, -0.2) is 47.4 Å². The van der Waals surface area contributed by atoms with Crippen LogP contribution < -0.4 is 9.62 Å². The minimum absolute atomic E-state index is 0.258. The molecule has 0 heterocycles. The number of rotatable bonds is 9. The van der Waals surface area contributed by atoms with E-state index in [1.807, 2.05) is 0 Å². The minimum Gasteiger partial charge on any atom is -0.385 e. The highest BCUT2D eigenvalue weighted by Gasteiger charge is 2.36. The number of nitrogens with one attached hydrogen (secondary N) is 1. The van der Waals surface area contributed by atoms with Crippen LogP contribution in [0.1, 0.15) is 18.4 Å². The fourth-order valence-corrected chi connectivity index (χ4v) is 3.07. The number of halogens is 3. The lowest BCUT2D eigenvalue weighted by Crippen LogP contribution is -2.36. The summed E-state index contributed by atoms with van der Waals surface area (Å²) in [6, 6.07) is 4.36. The Morgan fingerprint density at radius 2 is 1.92 bits per heavy atom. The third kappa shape index (κ3) is 6.91. The molecule has 6 nitrogen and oxygen atoms in total. The van der Waals surface area contributed by atoms with Crippen LogP contribution in [0.25, 0.3) is 0 Å². The van der Waals surface area contributed by atoms with Gasteiger partial charge in [0.1, 0.15) is 0 Å². The Morgan fingerprint density at radius 1 is 1.28 bits per heavy atom. The average Bonchev–Trinajstić information content (AvgIpc) is 2.50. The Hall–Kier alpha value is -1.81. The second-order valence-corrected chi connectivity index (χ2v) is 7.20. The highest BCUT2D eigenvalue weighted by atomic mass is 32.2. The van der Waals surface area contributed by atoms with E-state index in [2.05, 4.69) is 5.32 Å². The van der Waals surface area contributed by atoms with Crippen LogP contribution in [-0.2, 0) is 25.7 Å². The van der Waals surface area contributed by atoms with Gasteiger partial charge in [0.2, 0.25) is 15.9 Å². The summed E-state index contributed by atoms with van der Waals surface area (Å²) in [7, 11) is -2.47. The minimum atomic E-state index is -4.71. The van der Waals surface area contributed by atoms with Crippen molar-refractivity contribution in [1.29, 1.82) is 0 Å². The van der Waals surface area contributed by atoms with E-state index >= 15 is 0 Å². The number of ether oxygens (including phenoxy) is 1. The quantitative estimate of drug-likeness (QED) is 0.663. The van der Waals surface area contributed by atoms with Crippen molar-refractivity contribution >= 4 is 21.6 Å². The Labute approximate surface area is 145 Å². The van der Waals surface area contributed by atoms with Crippen molar-refractivity contribution in [1.82, 2.24) is 5.32 Å². The van der Waals surface area contributed by atoms with Gasteiger partial charge in [0.25, 0.3) is 0 Å². The van der Waals surface area contributed by atoms with Crippen molar-refractivity contribution in [3.8, 4) is 0 Å². The molecule has 0 atom stereocenters. The predicted molar refractivity (Wildman–Crippen MR) is 87.8 cm³/mol. The van der Waals surface area contributed by atoms with Gasteiger partial charge in [-0.05, 0) is 18.6 Å². The second kappa shape index (κ2) is 9.04. The molecule has 1 aromatic rings. The smallest absolute Gasteiger partial charge is 0.385 e. The summed E-state index contributed by atoms with van der Waals surface area (Å²) >= 11 is 0. The van der Waals surface area contributed by atoms with Gasteiger partial charge >= 0.3 is 6.18 Å². The standard InChI is InChI=1S/C15H21F3N2O4S/c1-24-11-5-9-19-14(21)8-10-20(25(2,22)23)13-7-4-3-6-12(13)15(16,17)18/h3-4,6-7H,5,8-11H2,1-2H3,(H,19,21). The van der Waals surface area contributed by atoms with Crippen LogP contribution in [0.4, 0.5) is 18.9 Å². The summed E-state index contributed by atoms with van der Waals surface area (Å²) in [5.74, 6) is -0.450. The van der Waals surface area contributed by atoms with E-state index in [-0.39, 0.29) is 13.0 Å². The van der Waals surface area contributed by atoms with Gasteiger partial charge in [-0.25, -0.2) is 8.42 Å². The summed E-state index contributed by atoms with van der Waals surface area (Å²) < 4.78 is 68.7. The number of hydrogen-bond acceptors (Lipinski definition) is 4. The highest BCUT2D eigenvalue weighted by molar-refractivity contribution is 7.92. The maximum Gasteiger partial charge on any atom is 0.418 e. The van der Waals surface area contributed by atoms with E-state index in [9.17, 15) is 26.4 Å². The van der Waals surface area contributed by atoms with E-state index in [0.717, 1.165) is 18.4 Å². The number of carbonyl (C=O) groups is 1. The Kier molecular flexibility index (Phi) is 7.68. The maximum atomic E-state index is 13.1. The van der Waals surface area contributed by atoms with Crippen molar-refractivity contribution in [2.24, 2.45) is 0 Å². The molecule has 0 aromatic heterocycles. The first kappa shape index (κ1) is 21.2. The third-order valence-corrected chi connectivity index (χ3v) is 4.45. The molecule has 0 fully saturated rings. The molecule has 0 bridgehead atoms. The molecular weight excluding hydrogens is 361 g/mol. The van der Waals surface area contributed by atoms with Crippen LogP contribution in [0.2, 0.25) is 0 Å². The number of alkyl halides is 3. The number of carbonyl (C=O) groups excluding carboxylic acids is 1. The first-order chi connectivity index (χ1) is 11.6. The van der Waals surface area contributed by atoms with Crippen molar-refractivity contribution in [2.45, 2.75) is 19.0 Å². The number of benzene rings is 1. The van der Waals surface area contributed by atoms with Crippen molar-refractivity contribution < 1.29 is 31.1 Å². The Morgan fingerprint density at radius 3 is 2.48 bits per heavy atom. The Bertz CT molecular complexity index is 678. The number of para-hydroxylation sites is 1. The van der Waals surface area contributed by atoms with Crippen LogP contribution in [0.15, 0.2) is 24.3 Å². The fraction of sp³-hybridized carbons (Fsp3) is 0.533. The monoisotopic (exact) mass is 382 g/mol. The summed E-state index contributed by atoms with van der Waals surface area (Å²) in [5.41, 5.74) is -1.56. The van der Waals surface area contributed by atoms with Crippen LogP contribution >= 0.6 is 0 Å². The van der Waals surface area contributed by atoms with Crippen LogP contribution in [0, 0.1) is 0 Å². The third-order valence-electron chi connectivity index (χ3n) is 3.27. The molecule has 25 heavy (non-hydrogen) atoms. The van der Waals surface area contributed by atoms with Gasteiger partial charge in [-0.15, -0.1) is 0 Å². The number of hydrogen-bond donors (Lipinski definition) is 1. The van der Waals surface area contributed by atoms with Gasteiger partial charge in [0.05, 0.1) is 17.5 Å². The van der Waals surface area contributed by atoms with E-state index in [0.29, 0.717) is 23.9 Å². The predicted octanol–water partition coefficient (Wildman–Crippen LogP) is 2.01. The summed E-state index contributed by atoms with van der Waals surface area (Å²) in [6.45, 7) is 0.404. The van der Waals surface area contributed by atoms with Gasteiger partial charge in [0, 0.05) is 33.2 Å². The van der Waals surface area contributed by atoms with E-state index in [4.69, 9.17) is 4.74 Å². The lowest BCUT2D eigenvalue weighted by Gasteiger charge is -2.25. The largest absolute Gasteiger partial charge is 0.418 e. The molecule has 0 aliphatic heterocycles. The molecule has 1 rings (SSSR count). The van der Waals surface area contributed by atoms with E-state index < -0.39 is 33.4 Å². The number of methoxy groups -OCH3 is 1. The topological polar surface area (TPSA) is 75.7 Å². The molecule has 142 valence electrons. The first-order valence-corrected chi connectivity index (χ1v) is 9.31. The van der Waals surface area contributed by atoms with Gasteiger partial charge in [-0.2, -0.15) is 13.2 Å². The molecule has 1 N–H and O–H groups in total. The molecule has 0 saturated heterocycles. The zero-order valence-corrected chi connectivity index (χ0v) is 14.8. The van der Waals surface area contributed by atoms with E-state index in [1.165, 1.54) is 19.2 Å². The van der Waals surface area contributed by atoms with Crippen molar-refractivity contribution in [3.05, 3.63) is 29.8 Å². The molecule has 1 amide bonds. The lowest BCUT2D eigenvalue weighted by molar-refractivity contribution is -0.137. The average molecular weight is 382 g/mol. The normalized spacial score (nSPS) is 12.0. The molecule has 0 radical (unpaired) electrons. The van der Waals surface area contributed by atoms with Gasteiger partial charge in [-0.1, -0.05) is 12.1 Å². The molecule has 1 aromatic carbocycles. The maximum absolute atomic E-state index is 13.1. The van der Waals surface area contributed by atoms with Gasteiger partial charge in [-0.3, -0.25) is 9.10 Å². The molecule has 0 aliphatic rings. The number of anilines is 1. The van der Waals surface area contributed by atoms with Crippen molar-refractivity contribution in [3.63, 3.8) is 0 Å². The first-order valence-electron chi connectivity index (χ1n) is 7.47. The fourth-order valence-electron chi connectivity index (χ4n) is 2.13. The Balaban J connectivity index is 2.90. The number of sulfonamides is 1. The zero-order valence-electron chi connectivity index (χ0n) is 14.0. The van der Waals surface area contributed by atoms with Crippen LogP contribution in [0.3, 0.4) is 0 Å². The van der Waals surface area contributed by atoms with E-state index in [1.54, 1.807) is 0 Å². The van der Waals surface area contributed by atoms with Gasteiger partial charge < -0.3 is 10.1 Å². The summed E-state index contributed by atoms with van der Waals surface area (Å²) in [5, 5.41) is 2.56. The molecule has 10 heteroatoms. The lowest BCUT2D eigenvalue weighted by atomic mass is 10.1. The molecule has 0 saturated carbocycles. The number of amides is 1. The number of nitrogens with zero attached hydrogens (tertiary/aromatic N) is 1. The van der Waals surface area contributed by atoms with Gasteiger partial charge in [0.15, 0.2) is 0 Å². The SMILES string of the molecule is COCCCNC(=O)CCN(c1ccccc1C(F)(F)F)S(C)(=O)=O. The summed E-state index contributed by atoms with van der Waals surface area (Å²) in [4.78, 5) is 11.8. The van der Waals surface area contributed by atoms with Crippen molar-refractivity contribution in [2.75, 3.05) is 37.4 Å². The molecule has 0 spiro atoms. The zero-order chi connectivity index (χ0) is 19.1. The molecule has 0 aliphatic carbocycles. The van der Waals surface area contributed by atoms with Crippen LogP contribution in [0.5, 0.6) is 0 Å². The molecule has 0 unspecified atom stereocenters. The molecular formula is C15H21F3N2O4S. The summed E-state index contributed by atoms with van der Waals surface area (Å²) in [6.07, 6.45) is -3.58.